The molecule has 1 saturated heterocycles. The van der Waals surface area contributed by atoms with Crippen molar-refractivity contribution < 1.29 is 22.4 Å². The first-order valence-corrected chi connectivity index (χ1v) is 9.77. The summed E-state index contributed by atoms with van der Waals surface area (Å²) in [6, 6.07) is 2.81. The zero-order valence-corrected chi connectivity index (χ0v) is 14.6. The van der Waals surface area contributed by atoms with Gasteiger partial charge in [-0.25, -0.2) is 8.42 Å². The topological polar surface area (TPSA) is 96.7 Å². The maximum absolute atomic E-state index is 12.3. The molecule has 0 saturated carbocycles. The lowest BCUT2D eigenvalue weighted by Gasteiger charge is -2.16. The van der Waals surface area contributed by atoms with Crippen LogP contribution in [0.25, 0.3) is 6.08 Å². The highest BCUT2D eigenvalue weighted by Gasteiger charge is 2.34. The molecule has 1 fully saturated rings. The minimum Gasteiger partial charge on any atom is -0.465 e. The molecule has 0 radical (unpaired) electrons. The average molecular weight is 384 g/mol. The number of sulfone groups is 1. The smallest absolute Gasteiger partial charge is 0.266 e. The van der Waals surface area contributed by atoms with Crippen LogP contribution in [0.3, 0.4) is 0 Å². The zero-order chi connectivity index (χ0) is 17.3. The molecule has 3 heterocycles. The van der Waals surface area contributed by atoms with Crippen molar-refractivity contribution in [3.05, 3.63) is 40.5 Å². The second-order valence-electron chi connectivity index (χ2n) is 5.12. The first kappa shape index (κ1) is 16.9. The van der Waals surface area contributed by atoms with Gasteiger partial charge in [0.25, 0.3) is 5.91 Å². The molecule has 2 aliphatic heterocycles. The number of thioether (sulfide) groups is 1. The van der Waals surface area contributed by atoms with Crippen LogP contribution in [0, 0.1) is 0 Å². The van der Waals surface area contributed by atoms with Crippen molar-refractivity contribution >= 4 is 56.0 Å². The first-order chi connectivity index (χ1) is 11.3. The zero-order valence-electron chi connectivity index (χ0n) is 12.2. The molecule has 24 heavy (non-hydrogen) atoms. The number of carbonyl (C=O) groups is 2. The number of thiocarbonyl (C=S) groups is 1. The van der Waals surface area contributed by atoms with Gasteiger partial charge in [-0.2, -0.15) is 0 Å². The van der Waals surface area contributed by atoms with Crippen LogP contribution in [-0.2, 0) is 19.4 Å². The molecule has 10 heteroatoms. The molecule has 1 N–H and O–H groups in total. The summed E-state index contributed by atoms with van der Waals surface area (Å²) < 4.78 is 28.1. The van der Waals surface area contributed by atoms with Crippen molar-refractivity contribution in [2.45, 2.75) is 6.04 Å². The van der Waals surface area contributed by atoms with Crippen molar-refractivity contribution in [3.8, 4) is 0 Å². The molecule has 2 aliphatic rings. The summed E-state index contributed by atoms with van der Waals surface area (Å²) in [5.74, 6) is -0.514. The van der Waals surface area contributed by atoms with Crippen LogP contribution in [0.4, 0.5) is 0 Å². The Labute approximate surface area is 147 Å². The molecule has 1 atom stereocenters. The van der Waals surface area contributed by atoms with Gasteiger partial charge in [-0.1, -0.05) is 24.0 Å². The molecule has 1 aromatic rings. The highest BCUT2D eigenvalue weighted by molar-refractivity contribution is 8.26. The van der Waals surface area contributed by atoms with E-state index < -0.39 is 21.8 Å². The van der Waals surface area contributed by atoms with E-state index in [1.807, 2.05) is 0 Å². The quantitative estimate of drug-likeness (QED) is 0.609. The molecule has 126 valence electrons. The van der Waals surface area contributed by atoms with Crippen molar-refractivity contribution in [2.24, 2.45) is 0 Å². The van der Waals surface area contributed by atoms with Crippen LogP contribution in [0.2, 0.25) is 0 Å². The number of nitrogens with one attached hydrogen (secondary N) is 1. The maximum atomic E-state index is 12.3. The van der Waals surface area contributed by atoms with E-state index in [0.29, 0.717) is 10.7 Å². The van der Waals surface area contributed by atoms with Crippen molar-refractivity contribution in [1.29, 1.82) is 0 Å². The Hall–Kier alpha value is -1.91. The van der Waals surface area contributed by atoms with Gasteiger partial charge >= 0.3 is 0 Å². The number of amides is 2. The lowest BCUT2D eigenvalue weighted by atomic mass is 10.3. The van der Waals surface area contributed by atoms with Gasteiger partial charge in [0.05, 0.1) is 23.0 Å². The molecular formula is C14H12N2O5S3. The average Bonchev–Trinajstić information content (AvgIpc) is 3.17. The van der Waals surface area contributed by atoms with Crippen LogP contribution >= 0.6 is 24.0 Å². The van der Waals surface area contributed by atoms with Crippen LogP contribution in [0.5, 0.6) is 0 Å². The second kappa shape index (κ2) is 6.54. The largest absolute Gasteiger partial charge is 0.465 e. The van der Waals surface area contributed by atoms with Gasteiger partial charge < -0.3 is 9.73 Å². The van der Waals surface area contributed by atoms with Crippen molar-refractivity contribution in [2.75, 3.05) is 12.3 Å². The van der Waals surface area contributed by atoms with Crippen LogP contribution < -0.4 is 5.32 Å². The Balaban J connectivity index is 1.63. The van der Waals surface area contributed by atoms with Crippen LogP contribution in [-0.4, -0.2) is 47.8 Å². The van der Waals surface area contributed by atoms with Crippen LogP contribution in [0.15, 0.2) is 39.2 Å². The van der Waals surface area contributed by atoms with Crippen molar-refractivity contribution in [1.82, 2.24) is 10.2 Å². The third kappa shape index (κ3) is 3.77. The summed E-state index contributed by atoms with van der Waals surface area (Å²) >= 11 is 6.22. The molecule has 1 aromatic heterocycles. The monoisotopic (exact) mass is 384 g/mol. The first-order valence-electron chi connectivity index (χ1n) is 6.83. The molecule has 3 rings (SSSR count). The molecule has 2 amide bonds. The fourth-order valence-corrected chi connectivity index (χ4v) is 4.67. The van der Waals surface area contributed by atoms with Gasteiger partial charge in [0.2, 0.25) is 5.91 Å². The van der Waals surface area contributed by atoms with E-state index in [0.717, 1.165) is 17.2 Å². The highest BCUT2D eigenvalue weighted by atomic mass is 32.2. The number of furan rings is 1. The standard InChI is InChI=1S/C14H12N2O5S3/c17-12(15-9-3-5-24(19,20)8-9)7-16-13(18)11(23-14(16)22)6-10-2-1-4-21-10/h1-6,9H,7-8H2,(H,15,17). The van der Waals surface area contributed by atoms with Gasteiger partial charge in [-0.15, -0.1) is 0 Å². The molecule has 0 aromatic carbocycles. The number of hydrogen-bond acceptors (Lipinski definition) is 7. The van der Waals surface area contributed by atoms with Crippen molar-refractivity contribution in [3.63, 3.8) is 0 Å². The number of rotatable bonds is 4. The summed E-state index contributed by atoms with van der Waals surface area (Å²) in [7, 11) is -3.25. The maximum Gasteiger partial charge on any atom is 0.266 e. The predicted molar refractivity (Wildman–Crippen MR) is 93.4 cm³/mol. The summed E-state index contributed by atoms with van der Waals surface area (Å²) in [4.78, 5) is 25.9. The van der Waals surface area contributed by atoms with E-state index >= 15 is 0 Å². The van der Waals surface area contributed by atoms with Crippen LogP contribution in [0.1, 0.15) is 5.76 Å². The van der Waals surface area contributed by atoms with E-state index in [1.165, 1.54) is 17.2 Å². The summed E-state index contributed by atoms with van der Waals surface area (Å²) in [5, 5.41) is 3.63. The molecule has 7 nitrogen and oxygen atoms in total. The van der Waals surface area contributed by atoms with E-state index in [1.54, 1.807) is 18.2 Å². The minimum atomic E-state index is -3.25. The Bertz CT molecular complexity index is 855. The fourth-order valence-electron chi connectivity index (χ4n) is 2.20. The van der Waals surface area contributed by atoms with Gasteiger partial charge in [-0.3, -0.25) is 14.5 Å². The summed E-state index contributed by atoms with van der Waals surface area (Å²) in [6.07, 6.45) is 4.46. The number of carbonyl (C=O) groups excluding carboxylic acids is 2. The molecule has 0 bridgehead atoms. The van der Waals surface area contributed by atoms with Gasteiger partial charge in [0.15, 0.2) is 9.84 Å². The van der Waals surface area contributed by atoms with E-state index in [2.05, 4.69) is 5.32 Å². The third-order valence-corrected chi connectivity index (χ3v) is 6.04. The Morgan fingerprint density at radius 3 is 2.96 bits per heavy atom. The summed E-state index contributed by atoms with van der Waals surface area (Å²) in [5.41, 5.74) is 0. The van der Waals surface area contributed by atoms with Gasteiger partial charge in [0, 0.05) is 11.5 Å². The van der Waals surface area contributed by atoms with E-state index in [4.69, 9.17) is 16.6 Å². The Morgan fingerprint density at radius 1 is 1.54 bits per heavy atom. The molecule has 1 unspecified atom stereocenters. The molecular weight excluding hydrogens is 372 g/mol. The fraction of sp³-hybridized carbons (Fsp3) is 0.214. The number of nitrogens with zero attached hydrogens (tertiary/aromatic N) is 1. The lowest BCUT2D eigenvalue weighted by molar-refractivity contribution is -0.128. The molecule has 0 spiro atoms. The highest BCUT2D eigenvalue weighted by Crippen LogP contribution is 2.32. The minimum absolute atomic E-state index is 0.171. The number of hydrogen-bond donors (Lipinski definition) is 1. The molecule has 0 aliphatic carbocycles. The van der Waals surface area contributed by atoms with E-state index in [-0.39, 0.29) is 22.5 Å². The van der Waals surface area contributed by atoms with E-state index in [9.17, 15) is 18.0 Å². The van der Waals surface area contributed by atoms with Gasteiger partial charge in [0.1, 0.15) is 16.6 Å². The Kier molecular flexibility index (Phi) is 4.61. The lowest BCUT2D eigenvalue weighted by Crippen LogP contribution is -2.43. The normalized spacial score (nSPS) is 24.1. The second-order valence-corrected chi connectivity index (χ2v) is 8.72. The third-order valence-electron chi connectivity index (χ3n) is 3.27. The SMILES string of the molecule is O=C(CN1C(=O)C(=Cc2ccco2)SC1=S)NC1C=CS(=O)(=O)C1. The van der Waals surface area contributed by atoms with Gasteiger partial charge in [-0.05, 0) is 18.2 Å². The summed E-state index contributed by atoms with van der Waals surface area (Å²) in [6.45, 7) is -0.259. The predicted octanol–water partition coefficient (Wildman–Crippen LogP) is 0.908. The Morgan fingerprint density at radius 2 is 2.33 bits per heavy atom.